The topological polar surface area (TPSA) is 131 Å². The highest BCUT2D eigenvalue weighted by Gasteiger charge is 2.66. The molecule has 0 aromatic heterocycles. The summed E-state index contributed by atoms with van der Waals surface area (Å²) in [5.74, 6) is -3.00. The van der Waals surface area contributed by atoms with E-state index >= 15 is 0 Å². The van der Waals surface area contributed by atoms with Gasteiger partial charge in [0.25, 0.3) is 5.69 Å². The molecule has 31 heavy (non-hydrogen) atoms. The number of Topliss-reactive ketones (excluding diaryl/α,β-unsaturated/α-hetero) is 1. The number of nitrogens with one attached hydrogen (secondary N) is 2. The Morgan fingerprint density at radius 1 is 1.16 bits per heavy atom. The van der Waals surface area contributed by atoms with Gasteiger partial charge in [0.1, 0.15) is 11.7 Å². The van der Waals surface area contributed by atoms with Gasteiger partial charge in [-0.2, -0.15) is 13.2 Å². The van der Waals surface area contributed by atoms with Crippen LogP contribution in [-0.2, 0) is 0 Å². The summed E-state index contributed by atoms with van der Waals surface area (Å²) in [6.45, 7) is 0. The molecule has 9 nitrogen and oxygen atoms in total. The van der Waals surface area contributed by atoms with Crippen LogP contribution in [0.4, 0.5) is 23.7 Å². The predicted octanol–water partition coefficient (Wildman–Crippen LogP) is 2.71. The molecule has 3 unspecified atom stereocenters. The van der Waals surface area contributed by atoms with Crippen LogP contribution < -0.4 is 15.4 Å². The fraction of sp³-hybridized carbons (Fsp3) is 0.263. The third-order valence-corrected chi connectivity index (χ3v) is 4.93. The summed E-state index contributed by atoms with van der Waals surface area (Å²) in [6.07, 6.45) is -5.41. The Labute approximate surface area is 173 Å². The monoisotopic (exact) mass is 439 g/mol. The van der Waals surface area contributed by atoms with E-state index in [0.29, 0.717) is 5.75 Å². The highest BCUT2D eigenvalue weighted by molar-refractivity contribution is 6.00. The molecule has 1 aliphatic rings. The highest BCUT2D eigenvalue weighted by Crippen LogP contribution is 2.44. The fourth-order valence-corrected chi connectivity index (χ4v) is 3.35. The number of hydrogen-bond donors (Lipinski definition) is 3. The molecule has 1 aliphatic heterocycles. The number of nitro benzene ring substituents is 1. The van der Waals surface area contributed by atoms with E-state index in [2.05, 4.69) is 5.32 Å². The van der Waals surface area contributed by atoms with Crippen molar-refractivity contribution in [2.45, 2.75) is 17.9 Å². The Morgan fingerprint density at radius 3 is 2.23 bits per heavy atom. The van der Waals surface area contributed by atoms with Crippen molar-refractivity contribution >= 4 is 17.5 Å². The van der Waals surface area contributed by atoms with Gasteiger partial charge in [0.15, 0.2) is 5.78 Å². The Hall–Kier alpha value is -3.67. The zero-order valence-electron chi connectivity index (χ0n) is 15.8. The lowest BCUT2D eigenvalue weighted by atomic mass is 9.77. The van der Waals surface area contributed by atoms with Crippen molar-refractivity contribution in [3.05, 3.63) is 69.8 Å². The molecule has 0 spiro atoms. The van der Waals surface area contributed by atoms with Crippen LogP contribution in [0.15, 0.2) is 48.5 Å². The summed E-state index contributed by atoms with van der Waals surface area (Å²) < 4.78 is 46.5. The van der Waals surface area contributed by atoms with Gasteiger partial charge in [-0.3, -0.25) is 14.9 Å². The predicted molar refractivity (Wildman–Crippen MR) is 99.3 cm³/mol. The molecule has 0 aliphatic carbocycles. The lowest BCUT2D eigenvalue weighted by Crippen LogP contribution is -2.72. The second-order valence-corrected chi connectivity index (χ2v) is 6.76. The molecule has 2 amide bonds. The molecule has 0 saturated carbocycles. The minimum atomic E-state index is -5.41. The van der Waals surface area contributed by atoms with Gasteiger partial charge >= 0.3 is 12.2 Å². The van der Waals surface area contributed by atoms with Crippen molar-refractivity contribution in [1.82, 2.24) is 10.6 Å². The lowest BCUT2D eigenvalue weighted by molar-refractivity contribution is -0.384. The molecule has 1 heterocycles. The average Bonchev–Trinajstić information content (AvgIpc) is 2.72. The van der Waals surface area contributed by atoms with Crippen molar-refractivity contribution in [2.75, 3.05) is 7.11 Å². The second kappa shape index (κ2) is 7.87. The van der Waals surface area contributed by atoms with Crippen LogP contribution in [0.2, 0.25) is 0 Å². The third-order valence-electron chi connectivity index (χ3n) is 4.93. The molecule has 1 fully saturated rings. The quantitative estimate of drug-likeness (QED) is 0.373. The number of benzene rings is 2. The maximum Gasteiger partial charge on any atom is 0.437 e. The second-order valence-electron chi connectivity index (χ2n) is 6.76. The van der Waals surface area contributed by atoms with Gasteiger partial charge < -0.3 is 20.5 Å². The Kier molecular flexibility index (Phi) is 5.59. The summed E-state index contributed by atoms with van der Waals surface area (Å²) in [6, 6.07) is 6.43. The van der Waals surface area contributed by atoms with E-state index in [0.717, 1.165) is 24.3 Å². The van der Waals surface area contributed by atoms with Gasteiger partial charge in [-0.15, -0.1) is 0 Å². The van der Waals surface area contributed by atoms with E-state index in [1.807, 2.05) is 0 Å². The molecule has 12 heteroatoms. The number of ketones is 1. The number of nitrogens with zero attached hydrogens (tertiary/aromatic N) is 1. The van der Waals surface area contributed by atoms with Crippen LogP contribution in [0.3, 0.4) is 0 Å². The first-order valence-corrected chi connectivity index (χ1v) is 8.78. The number of methoxy groups -OCH3 is 1. The summed E-state index contributed by atoms with van der Waals surface area (Å²) in [7, 11) is 1.37. The normalized spacial score (nSPS) is 23.5. The number of urea groups is 1. The average molecular weight is 439 g/mol. The Bertz CT molecular complexity index is 1010. The molecule has 3 atom stereocenters. The van der Waals surface area contributed by atoms with Gasteiger partial charge in [0.05, 0.1) is 18.1 Å². The number of aliphatic hydroxyl groups is 1. The summed E-state index contributed by atoms with van der Waals surface area (Å²) in [5.41, 5.74) is -4.43. The SMILES string of the molecule is COc1ccc(C(=O)C2C(c3ccc([N+](=O)[O-])cc3)NC(=O)NC2(O)C(F)(F)F)cc1. The van der Waals surface area contributed by atoms with Crippen LogP contribution in [0.5, 0.6) is 5.75 Å². The molecule has 0 bridgehead atoms. The smallest absolute Gasteiger partial charge is 0.437 e. The van der Waals surface area contributed by atoms with Crippen molar-refractivity contribution in [2.24, 2.45) is 5.92 Å². The number of amides is 2. The minimum Gasteiger partial charge on any atom is -0.497 e. The number of alkyl halides is 3. The van der Waals surface area contributed by atoms with E-state index in [1.165, 1.54) is 36.7 Å². The number of carbonyl (C=O) groups excluding carboxylic acids is 2. The van der Waals surface area contributed by atoms with Crippen molar-refractivity contribution in [3.63, 3.8) is 0 Å². The number of rotatable bonds is 5. The molecule has 1 saturated heterocycles. The van der Waals surface area contributed by atoms with Crippen LogP contribution in [0.25, 0.3) is 0 Å². The Balaban J connectivity index is 2.12. The lowest BCUT2D eigenvalue weighted by Gasteiger charge is -2.45. The first kappa shape index (κ1) is 22.0. The van der Waals surface area contributed by atoms with Gasteiger partial charge in [0, 0.05) is 17.7 Å². The minimum absolute atomic E-state index is 0.0324. The molecule has 3 N–H and O–H groups in total. The summed E-state index contributed by atoms with van der Waals surface area (Å²) >= 11 is 0. The van der Waals surface area contributed by atoms with Gasteiger partial charge in [0.2, 0.25) is 5.72 Å². The molecule has 3 rings (SSSR count). The largest absolute Gasteiger partial charge is 0.497 e. The highest BCUT2D eigenvalue weighted by atomic mass is 19.4. The zero-order valence-corrected chi connectivity index (χ0v) is 15.8. The first-order chi connectivity index (χ1) is 14.5. The van der Waals surface area contributed by atoms with E-state index in [4.69, 9.17) is 4.74 Å². The van der Waals surface area contributed by atoms with Crippen LogP contribution in [0.1, 0.15) is 22.0 Å². The van der Waals surface area contributed by atoms with Crippen LogP contribution in [-0.4, -0.2) is 40.9 Å². The van der Waals surface area contributed by atoms with E-state index < -0.39 is 40.6 Å². The molecular weight excluding hydrogens is 423 g/mol. The van der Waals surface area contributed by atoms with Crippen molar-refractivity contribution in [3.8, 4) is 5.75 Å². The van der Waals surface area contributed by atoms with Crippen molar-refractivity contribution in [1.29, 1.82) is 0 Å². The van der Waals surface area contributed by atoms with Gasteiger partial charge in [-0.05, 0) is 29.8 Å². The third kappa shape index (κ3) is 4.01. The molecular formula is C19H16F3N3O6. The number of non-ortho nitro benzene ring substituents is 1. The summed E-state index contributed by atoms with van der Waals surface area (Å²) in [4.78, 5) is 35.2. The van der Waals surface area contributed by atoms with E-state index in [1.54, 1.807) is 0 Å². The van der Waals surface area contributed by atoms with E-state index in [9.17, 15) is 38.0 Å². The maximum atomic E-state index is 13.8. The fourth-order valence-electron chi connectivity index (χ4n) is 3.35. The summed E-state index contributed by atoms with van der Waals surface area (Å²) in [5, 5.41) is 25.0. The molecule has 0 radical (unpaired) electrons. The van der Waals surface area contributed by atoms with Crippen LogP contribution >= 0.6 is 0 Å². The first-order valence-electron chi connectivity index (χ1n) is 8.78. The Morgan fingerprint density at radius 2 is 1.74 bits per heavy atom. The maximum absolute atomic E-state index is 13.8. The standard InChI is InChI=1S/C19H16F3N3O6/c1-31-13-8-4-11(5-9-13)16(26)14-15(10-2-6-12(7-3-10)25(29)30)23-17(27)24-18(14,28)19(20,21)22/h2-9,14-15,28H,1H3,(H2,23,24,27). The molecule has 164 valence electrons. The number of carbonyl (C=O) groups is 2. The number of halogens is 3. The van der Waals surface area contributed by atoms with Gasteiger partial charge in [-0.1, -0.05) is 12.1 Å². The number of hydrogen-bond acceptors (Lipinski definition) is 6. The van der Waals surface area contributed by atoms with Gasteiger partial charge in [-0.25, -0.2) is 4.79 Å². The zero-order chi connectivity index (χ0) is 23.0. The number of ether oxygens (including phenoxy) is 1. The molecule has 2 aromatic rings. The van der Waals surface area contributed by atoms with Crippen LogP contribution in [0, 0.1) is 16.0 Å². The molecule has 2 aromatic carbocycles. The van der Waals surface area contributed by atoms with E-state index in [-0.39, 0.29) is 16.8 Å². The van der Waals surface area contributed by atoms with Crippen molar-refractivity contribution < 1.29 is 37.5 Å². The number of nitro groups is 1.